The quantitative estimate of drug-likeness (QED) is 0.769. The molecule has 1 fully saturated rings. The highest BCUT2D eigenvalue weighted by Gasteiger charge is 2.21. The molecular weight excluding hydrogens is 392 g/mol. The number of para-hydroxylation sites is 1. The van der Waals surface area contributed by atoms with Crippen LogP contribution in [0.15, 0.2) is 53.0 Å². The number of rotatable bonds is 4. The molecular formula is C18H18BrClN2O2. The fourth-order valence-electron chi connectivity index (χ4n) is 2.68. The molecule has 24 heavy (non-hydrogen) atoms. The Labute approximate surface area is 155 Å². The minimum Gasteiger partial charge on any atom is -0.482 e. The molecule has 1 amide bonds. The van der Waals surface area contributed by atoms with Gasteiger partial charge >= 0.3 is 0 Å². The lowest BCUT2D eigenvalue weighted by Crippen LogP contribution is -2.50. The van der Waals surface area contributed by atoms with Crippen molar-refractivity contribution in [2.24, 2.45) is 0 Å². The molecule has 0 aromatic heterocycles. The van der Waals surface area contributed by atoms with Crippen LogP contribution in [0.5, 0.6) is 5.75 Å². The summed E-state index contributed by atoms with van der Waals surface area (Å²) in [5.74, 6) is 0.512. The summed E-state index contributed by atoms with van der Waals surface area (Å²) >= 11 is 9.44. The van der Waals surface area contributed by atoms with Gasteiger partial charge < -0.3 is 14.5 Å². The van der Waals surface area contributed by atoms with Gasteiger partial charge in [0.1, 0.15) is 5.75 Å². The van der Waals surface area contributed by atoms with Crippen LogP contribution in [0.3, 0.4) is 0 Å². The highest BCUT2D eigenvalue weighted by Crippen LogP contribution is 2.27. The molecule has 1 aliphatic heterocycles. The third-order valence-corrected chi connectivity index (χ3v) is 4.79. The zero-order chi connectivity index (χ0) is 16.9. The first kappa shape index (κ1) is 17.1. The van der Waals surface area contributed by atoms with Crippen molar-refractivity contribution in [3.8, 4) is 5.75 Å². The normalized spacial score (nSPS) is 14.6. The number of benzene rings is 2. The fourth-order valence-corrected chi connectivity index (χ4v) is 3.40. The van der Waals surface area contributed by atoms with Crippen LogP contribution in [0.4, 0.5) is 5.69 Å². The fraction of sp³-hybridized carbons (Fsp3) is 0.278. The molecule has 0 unspecified atom stereocenters. The second kappa shape index (κ2) is 7.90. The summed E-state index contributed by atoms with van der Waals surface area (Å²) < 4.78 is 6.44. The Morgan fingerprint density at radius 1 is 1.08 bits per heavy atom. The first-order chi connectivity index (χ1) is 11.6. The Morgan fingerprint density at radius 3 is 2.46 bits per heavy atom. The van der Waals surface area contributed by atoms with Crippen LogP contribution in [0.1, 0.15) is 0 Å². The Morgan fingerprint density at radius 2 is 1.79 bits per heavy atom. The van der Waals surface area contributed by atoms with Gasteiger partial charge in [-0.2, -0.15) is 0 Å². The molecule has 0 bridgehead atoms. The summed E-state index contributed by atoms with van der Waals surface area (Å²) in [4.78, 5) is 16.5. The molecule has 126 valence electrons. The van der Waals surface area contributed by atoms with Gasteiger partial charge in [0, 0.05) is 36.3 Å². The van der Waals surface area contributed by atoms with Gasteiger partial charge in [-0.15, -0.1) is 0 Å². The van der Waals surface area contributed by atoms with Crippen molar-refractivity contribution in [1.82, 2.24) is 4.90 Å². The highest BCUT2D eigenvalue weighted by atomic mass is 79.9. The van der Waals surface area contributed by atoms with Crippen molar-refractivity contribution in [2.75, 3.05) is 37.7 Å². The second-order valence-electron chi connectivity index (χ2n) is 5.57. The van der Waals surface area contributed by atoms with E-state index in [2.05, 4.69) is 33.0 Å². The third kappa shape index (κ3) is 4.22. The molecule has 2 aromatic carbocycles. The Kier molecular flexibility index (Phi) is 5.63. The molecule has 1 saturated heterocycles. The lowest BCUT2D eigenvalue weighted by atomic mass is 10.2. The number of amides is 1. The number of nitrogens with zero attached hydrogens (tertiary/aromatic N) is 2. The summed E-state index contributed by atoms with van der Waals surface area (Å²) in [5, 5.41) is 0.492. The van der Waals surface area contributed by atoms with Crippen molar-refractivity contribution in [3.63, 3.8) is 0 Å². The van der Waals surface area contributed by atoms with Crippen LogP contribution in [0.25, 0.3) is 0 Å². The zero-order valence-corrected chi connectivity index (χ0v) is 15.5. The van der Waals surface area contributed by atoms with Crippen LogP contribution in [-0.2, 0) is 4.79 Å². The molecule has 1 aliphatic rings. The van der Waals surface area contributed by atoms with Gasteiger partial charge in [0.15, 0.2) is 6.61 Å². The zero-order valence-electron chi connectivity index (χ0n) is 13.1. The van der Waals surface area contributed by atoms with Crippen molar-refractivity contribution in [2.45, 2.75) is 0 Å². The molecule has 0 N–H and O–H groups in total. The lowest BCUT2D eigenvalue weighted by Gasteiger charge is -2.36. The number of ether oxygens (including phenoxy) is 1. The van der Waals surface area contributed by atoms with Gasteiger partial charge in [0.05, 0.1) is 5.02 Å². The first-order valence-corrected chi connectivity index (χ1v) is 8.96. The largest absolute Gasteiger partial charge is 0.482 e. The smallest absolute Gasteiger partial charge is 0.260 e. The molecule has 0 atom stereocenters. The van der Waals surface area contributed by atoms with E-state index in [4.69, 9.17) is 16.3 Å². The monoisotopic (exact) mass is 408 g/mol. The average molecular weight is 410 g/mol. The van der Waals surface area contributed by atoms with Crippen molar-refractivity contribution in [1.29, 1.82) is 0 Å². The van der Waals surface area contributed by atoms with E-state index in [9.17, 15) is 4.79 Å². The number of carbonyl (C=O) groups is 1. The molecule has 0 radical (unpaired) electrons. The lowest BCUT2D eigenvalue weighted by molar-refractivity contribution is -0.133. The minimum atomic E-state index is -0.0123. The average Bonchev–Trinajstić information content (AvgIpc) is 2.62. The van der Waals surface area contributed by atoms with Crippen LogP contribution < -0.4 is 9.64 Å². The summed E-state index contributed by atoms with van der Waals surface area (Å²) in [7, 11) is 0. The molecule has 3 rings (SSSR count). The molecule has 0 spiro atoms. The number of carbonyl (C=O) groups excluding carboxylic acids is 1. The van der Waals surface area contributed by atoms with E-state index in [1.54, 1.807) is 12.1 Å². The second-order valence-corrected chi connectivity index (χ2v) is 6.89. The minimum absolute atomic E-state index is 0.00664. The summed E-state index contributed by atoms with van der Waals surface area (Å²) in [5.41, 5.74) is 1.20. The molecule has 6 heteroatoms. The molecule has 0 saturated carbocycles. The Balaban J connectivity index is 1.50. The predicted molar refractivity (Wildman–Crippen MR) is 99.9 cm³/mol. The third-order valence-electron chi connectivity index (χ3n) is 4.00. The predicted octanol–water partition coefficient (Wildman–Crippen LogP) is 3.83. The van der Waals surface area contributed by atoms with E-state index in [1.807, 2.05) is 29.2 Å². The van der Waals surface area contributed by atoms with Gasteiger partial charge in [-0.1, -0.05) is 45.7 Å². The highest BCUT2D eigenvalue weighted by molar-refractivity contribution is 9.10. The summed E-state index contributed by atoms with van der Waals surface area (Å²) in [6.07, 6.45) is 0. The van der Waals surface area contributed by atoms with E-state index in [-0.39, 0.29) is 12.5 Å². The SMILES string of the molecule is O=C(COc1ccc(Br)cc1Cl)N1CCN(c2ccccc2)CC1. The van der Waals surface area contributed by atoms with E-state index in [0.717, 1.165) is 17.6 Å². The van der Waals surface area contributed by atoms with Crippen molar-refractivity contribution >= 4 is 39.1 Å². The molecule has 4 nitrogen and oxygen atoms in total. The van der Waals surface area contributed by atoms with Gasteiger partial charge in [-0.05, 0) is 30.3 Å². The number of hydrogen-bond acceptors (Lipinski definition) is 3. The Hall–Kier alpha value is -1.72. The van der Waals surface area contributed by atoms with Gasteiger partial charge in [-0.25, -0.2) is 0 Å². The van der Waals surface area contributed by atoms with Crippen LogP contribution >= 0.6 is 27.5 Å². The van der Waals surface area contributed by atoms with Gasteiger partial charge in [-0.3, -0.25) is 4.79 Å². The topological polar surface area (TPSA) is 32.8 Å². The van der Waals surface area contributed by atoms with E-state index in [0.29, 0.717) is 23.9 Å². The van der Waals surface area contributed by atoms with Gasteiger partial charge in [0.25, 0.3) is 5.91 Å². The number of halogens is 2. The van der Waals surface area contributed by atoms with E-state index in [1.165, 1.54) is 5.69 Å². The maximum atomic E-state index is 12.3. The summed E-state index contributed by atoms with van der Waals surface area (Å²) in [6, 6.07) is 15.6. The van der Waals surface area contributed by atoms with Crippen LogP contribution in [0, 0.1) is 0 Å². The molecule has 0 aliphatic carbocycles. The number of anilines is 1. The van der Waals surface area contributed by atoms with E-state index < -0.39 is 0 Å². The van der Waals surface area contributed by atoms with Crippen molar-refractivity contribution in [3.05, 3.63) is 58.0 Å². The van der Waals surface area contributed by atoms with Crippen molar-refractivity contribution < 1.29 is 9.53 Å². The molecule has 2 aromatic rings. The Bertz CT molecular complexity index is 703. The summed E-state index contributed by atoms with van der Waals surface area (Å²) in [6.45, 7) is 3.06. The maximum Gasteiger partial charge on any atom is 0.260 e. The number of piperazine rings is 1. The maximum absolute atomic E-state index is 12.3. The number of hydrogen-bond donors (Lipinski definition) is 0. The van der Waals surface area contributed by atoms with Crippen LogP contribution in [-0.4, -0.2) is 43.6 Å². The standard InChI is InChI=1S/C18H18BrClN2O2/c19-14-6-7-17(16(20)12-14)24-13-18(23)22-10-8-21(9-11-22)15-4-2-1-3-5-15/h1-7,12H,8-11,13H2. The first-order valence-electron chi connectivity index (χ1n) is 7.79. The molecule has 1 heterocycles. The van der Waals surface area contributed by atoms with E-state index >= 15 is 0 Å². The van der Waals surface area contributed by atoms with Gasteiger partial charge in [0.2, 0.25) is 0 Å². The van der Waals surface area contributed by atoms with Crippen LogP contribution in [0.2, 0.25) is 5.02 Å².